The maximum atomic E-state index is 13.2. The fourth-order valence-corrected chi connectivity index (χ4v) is 4.17. The molecule has 0 spiro atoms. The molecule has 2 aromatic carbocycles. The number of carboxylic acid groups (broad SMARTS) is 1. The number of esters is 1. The highest BCUT2D eigenvalue weighted by Crippen LogP contribution is 2.38. The SMILES string of the molecule is CC(C)(C)OC(=O)C(CNC(=O)c1ccc2c(c1)N(C(=O)OC(C)(C)C)C(CCC(=O)O)N2)NC(=O)OCc1ccccc1. The van der Waals surface area contributed by atoms with Gasteiger partial charge in [-0.2, -0.15) is 0 Å². The standard InChI is InChI=1S/C31H40N4O9/c1-30(2,3)43-27(39)22(34-28(40)42-18-19-10-8-7-9-11-19)17-32-26(38)20-12-13-21-23(16-20)35(29(41)44-31(4,5)6)24(33-21)14-15-25(36)37/h7-13,16,22,24,33H,14-15,17-18H2,1-6H3,(H,32,38)(H,34,40)(H,36,37). The molecule has 0 bridgehead atoms. The van der Waals surface area contributed by atoms with Crippen LogP contribution in [0.4, 0.5) is 21.0 Å². The number of hydrogen-bond acceptors (Lipinski definition) is 9. The third kappa shape index (κ3) is 10.2. The fourth-order valence-electron chi connectivity index (χ4n) is 4.17. The van der Waals surface area contributed by atoms with Gasteiger partial charge >= 0.3 is 24.1 Å². The molecule has 3 amide bonds. The number of aliphatic carboxylic acids is 1. The van der Waals surface area contributed by atoms with Crippen LogP contribution in [0.5, 0.6) is 0 Å². The highest BCUT2D eigenvalue weighted by molar-refractivity contribution is 6.01. The van der Waals surface area contributed by atoms with Crippen LogP contribution in [0, 0.1) is 0 Å². The zero-order chi connectivity index (χ0) is 32.7. The molecule has 0 aliphatic carbocycles. The number of rotatable bonds is 10. The fraction of sp³-hybridized carbons (Fsp3) is 0.452. The molecule has 1 heterocycles. The van der Waals surface area contributed by atoms with Gasteiger partial charge in [-0.1, -0.05) is 30.3 Å². The topological polar surface area (TPSA) is 173 Å². The Morgan fingerprint density at radius 2 is 1.61 bits per heavy atom. The van der Waals surface area contributed by atoms with Crippen molar-refractivity contribution in [2.45, 2.75) is 84.4 Å². The largest absolute Gasteiger partial charge is 0.481 e. The first-order valence-electron chi connectivity index (χ1n) is 14.2. The summed E-state index contributed by atoms with van der Waals surface area (Å²) in [7, 11) is 0. The molecule has 0 aromatic heterocycles. The number of anilines is 2. The predicted octanol–water partition coefficient (Wildman–Crippen LogP) is 4.41. The zero-order valence-electron chi connectivity index (χ0n) is 25.8. The lowest BCUT2D eigenvalue weighted by Gasteiger charge is -2.28. The van der Waals surface area contributed by atoms with Crippen LogP contribution in [0.3, 0.4) is 0 Å². The highest BCUT2D eigenvalue weighted by atomic mass is 16.6. The van der Waals surface area contributed by atoms with E-state index in [4.69, 9.17) is 14.2 Å². The lowest BCUT2D eigenvalue weighted by molar-refractivity contribution is -0.157. The summed E-state index contributed by atoms with van der Waals surface area (Å²) in [4.78, 5) is 64.3. The summed E-state index contributed by atoms with van der Waals surface area (Å²) in [6.07, 6.45) is -2.40. The van der Waals surface area contributed by atoms with Crippen molar-refractivity contribution in [3.8, 4) is 0 Å². The molecule has 2 atom stereocenters. The van der Waals surface area contributed by atoms with Gasteiger partial charge in [-0.3, -0.25) is 14.5 Å². The third-order valence-electron chi connectivity index (χ3n) is 6.04. The van der Waals surface area contributed by atoms with Crippen LogP contribution in [-0.4, -0.2) is 65.1 Å². The van der Waals surface area contributed by atoms with Crippen LogP contribution in [0.2, 0.25) is 0 Å². The van der Waals surface area contributed by atoms with Gasteiger partial charge in [0.05, 0.1) is 11.4 Å². The molecule has 4 N–H and O–H groups in total. The Hall–Kier alpha value is -4.81. The van der Waals surface area contributed by atoms with Crippen molar-refractivity contribution in [1.29, 1.82) is 0 Å². The average molecular weight is 613 g/mol. The molecule has 0 saturated heterocycles. The zero-order valence-corrected chi connectivity index (χ0v) is 25.8. The first-order chi connectivity index (χ1) is 20.5. The minimum absolute atomic E-state index is 0.0230. The Kier molecular flexibility index (Phi) is 10.8. The first kappa shape index (κ1) is 33.7. The van der Waals surface area contributed by atoms with Gasteiger partial charge in [0.25, 0.3) is 5.91 Å². The number of alkyl carbamates (subject to hydrolysis) is 1. The number of ether oxygens (including phenoxy) is 3. The highest BCUT2D eigenvalue weighted by Gasteiger charge is 2.37. The summed E-state index contributed by atoms with van der Waals surface area (Å²) >= 11 is 0. The van der Waals surface area contributed by atoms with E-state index < -0.39 is 53.4 Å². The van der Waals surface area contributed by atoms with Gasteiger partial charge in [-0.15, -0.1) is 0 Å². The minimum atomic E-state index is -1.27. The molecular formula is C31H40N4O9. The van der Waals surface area contributed by atoms with Gasteiger partial charge in [0.2, 0.25) is 0 Å². The number of fused-ring (bicyclic) bond motifs is 1. The minimum Gasteiger partial charge on any atom is -0.481 e. The van der Waals surface area contributed by atoms with Gasteiger partial charge in [-0.05, 0) is 71.7 Å². The Labute approximate surface area is 256 Å². The quantitative estimate of drug-likeness (QED) is 0.222. The second-order valence-corrected chi connectivity index (χ2v) is 12.2. The third-order valence-corrected chi connectivity index (χ3v) is 6.04. The number of nitrogens with one attached hydrogen (secondary N) is 3. The van der Waals surface area contributed by atoms with E-state index in [9.17, 15) is 29.1 Å². The van der Waals surface area contributed by atoms with Gasteiger partial charge < -0.3 is 35.3 Å². The molecule has 0 radical (unpaired) electrons. The van der Waals surface area contributed by atoms with E-state index in [0.717, 1.165) is 5.56 Å². The predicted molar refractivity (Wildman–Crippen MR) is 161 cm³/mol. The number of benzene rings is 2. The van der Waals surface area contributed by atoms with E-state index in [1.165, 1.54) is 17.0 Å². The summed E-state index contributed by atoms with van der Waals surface area (Å²) in [5, 5.41) is 17.4. The van der Waals surface area contributed by atoms with Crippen LogP contribution in [0.1, 0.15) is 70.3 Å². The second-order valence-electron chi connectivity index (χ2n) is 12.2. The summed E-state index contributed by atoms with van der Waals surface area (Å²) < 4.78 is 16.2. The second kappa shape index (κ2) is 14.1. The van der Waals surface area contributed by atoms with E-state index in [2.05, 4.69) is 16.0 Å². The molecular weight excluding hydrogens is 572 g/mol. The molecule has 2 aromatic rings. The Morgan fingerprint density at radius 1 is 0.955 bits per heavy atom. The molecule has 1 aliphatic heterocycles. The van der Waals surface area contributed by atoms with Gasteiger partial charge in [-0.25, -0.2) is 14.4 Å². The van der Waals surface area contributed by atoms with Crippen molar-refractivity contribution in [2.75, 3.05) is 16.8 Å². The molecule has 1 aliphatic rings. The van der Waals surface area contributed by atoms with Gasteiger partial charge in [0.15, 0.2) is 0 Å². The van der Waals surface area contributed by atoms with Crippen molar-refractivity contribution in [3.63, 3.8) is 0 Å². The smallest absolute Gasteiger partial charge is 0.416 e. The number of carbonyl (C=O) groups excluding carboxylic acids is 4. The Bertz CT molecular complexity index is 1370. The van der Waals surface area contributed by atoms with Crippen LogP contribution >= 0.6 is 0 Å². The molecule has 44 heavy (non-hydrogen) atoms. The lowest BCUT2D eigenvalue weighted by Crippen LogP contribution is -2.50. The molecule has 0 saturated carbocycles. The maximum Gasteiger partial charge on any atom is 0.416 e. The maximum absolute atomic E-state index is 13.2. The monoisotopic (exact) mass is 612 g/mol. The van der Waals surface area contributed by atoms with Crippen molar-refractivity contribution in [1.82, 2.24) is 10.6 Å². The van der Waals surface area contributed by atoms with Gasteiger partial charge in [0, 0.05) is 18.5 Å². The summed E-state index contributed by atoms with van der Waals surface area (Å²) in [5.41, 5.74) is 0.0578. The molecule has 238 valence electrons. The van der Waals surface area contributed by atoms with Gasteiger partial charge in [0.1, 0.15) is 30.0 Å². The van der Waals surface area contributed by atoms with Crippen LogP contribution in [0.15, 0.2) is 48.5 Å². The van der Waals surface area contributed by atoms with Crippen molar-refractivity contribution < 1.29 is 43.3 Å². The summed E-state index contributed by atoms with van der Waals surface area (Å²) in [5.74, 6) is -2.40. The molecule has 0 fully saturated rings. The normalized spacial score (nSPS) is 14.9. The lowest BCUT2D eigenvalue weighted by atomic mass is 10.1. The summed E-state index contributed by atoms with van der Waals surface area (Å²) in [6, 6.07) is 12.3. The van der Waals surface area contributed by atoms with Crippen molar-refractivity contribution in [3.05, 3.63) is 59.7 Å². The van der Waals surface area contributed by atoms with Crippen LogP contribution in [-0.2, 0) is 30.4 Å². The van der Waals surface area contributed by atoms with Crippen molar-refractivity contribution in [2.24, 2.45) is 0 Å². The van der Waals surface area contributed by atoms with E-state index >= 15 is 0 Å². The van der Waals surface area contributed by atoms with E-state index in [1.54, 1.807) is 71.9 Å². The van der Waals surface area contributed by atoms with Crippen LogP contribution in [0.25, 0.3) is 0 Å². The number of amides is 3. The number of hydrogen-bond donors (Lipinski definition) is 4. The number of carboxylic acids is 1. The molecule has 13 heteroatoms. The number of nitrogens with zero attached hydrogens (tertiary/aromatic N) is 1. The number of carbonyl (C=O) groups is 5. The van der Waals surface area contributed by atoms with E-state index in [1.807, 2.05) is 6.07 Å². The van der Waals surface area contributed by atoms with E-state index in [0.29, 0.717) is 11.4 Å². The van der Waals surface area contributed by atoms with E-state index in [-0.39, 0.29) is 31.6 Å². The Balaban J connectivity index is 1.75. The van der Waals surface area contributed by atoms with Crippen LogP contribution < -0.4 is 20.9 Å². The molecule has 2 unspecified atom stereocenters. The molecule has 13 nitrogen and oxygen atoms in total. The average Bonchev–Trinajstić information content (AvgIpc) is 3.29. The first-order valence-corrected chi connectivity index (χ1v) is 14.2. The Morgan fingerprint density at radius 3 is 2.23 bits per heavy atom. The molecule has 3 rings (SSSR count). The van der Waals surface area contributed by atoms with Crippen molar-refractivity contribution >= 4 is 41.4 Å². The summed E-state index contributed by atoms with van der Waals surface area (Å²) in [6.45, 7) is 9.80.